The molecule has 0 atom stereocenters. The molecule has 0 radical (unpaired) electrons. The van der Waals surface area contributed by atoms with Crippen molar-refractivity contribution in [3.63, 3.8) is 0 Å². The highest BCUT2D eigenvalue weighted by molar-refractivity contribution is 7.92. The van der Waals surface area contributed by atoms with E-state index in [0.717, 1.165) is 41.8 Å². The van der Waals surface area contributed by atoms with Crippen LogP contribution in [0.25, 0.3) is 0 Å². The molecule has 26 heavy (non-hydrogen) atoms. The van der Waals surface area contributed by atoms with Crippen molar-refractivity contribution in [2.75, 3.05) is 17.5 Å². The zero-order valence-corrected chi connectivity index (χ0v) is 16.6. The van der Waals surface area contributed by atoms with Crippen molar-refractivity contribution in [1.82, 2.24) is 0 Å². The molecule has 0 N–H and O–H groups in total. The first-order valence-electron chi connectivity index (χ1n) is 9.32. The van der Waals surface area contributed by atoms with Gasteiger partial charge in [-0.15, -0.1) is 0 Å². The van der Waals surface area contributed by atoms with Crippen LogP contribution < -0.4 is 9.04 Å². The van der Waals surface area contributed by atoms with Gasteiger partial charge in [-0.2, -0.15) is 0 Å². The van der Waals surface area contributed by atoms with Crippen LogP contribution in [0.5, 0.6) is 5.75 Å². The molecule has 2 aromatic rings. The number of ether oxygens (including phenoxy) is 1. The van der Waals surface area contributed by atoms with Gasteiger partial charge in [0.25, 0.3) is 10.0 Å². The van der Waals surface area contributed by atoms with E-state index in [-0.39, 0.29) is 5.92 Å². The maximum Gasteiger partial charge on any atom is 0.264 e. The molecule has 0 bridgehead atoms. The SMILES string of the molecule is CCCCOc1ccc(S(=O)(=O)N2CCc3ccccc32)cc1C(C)C. The van der Waals surface area contributed by atoms with Crippen molar-refractivity contribution in [3.05, 3.63) is 53.6 Å². The summed E-state index contributed by atoms with van der Waals surface area (Å²) in [6.07, 6.45) is 2.81. The highest BCUT2D eigenvalue weighted by atomic mass is 32.2. The van der Waals surface area contributed by atoms with Crippen LogP contribution >= 0.6 is 0 Å². The van der Waals surface area contributed by atoms with Crippen molar-refractivity contribution in [1.29, 1.82) is 0 Å². The maximum absolute atomic E-state index is 13.2. The van der Waals surface area contributed by atoms with Gasteiger partial charge in [0.05, 0.1) is 17.2 Å². The fourth-order valence-corrected chi connectivity index (χ4v) is 4.82. The second kappa shape index (κ2) is 7.70. The van der Waals surface area contributed by atoms with Crippen molar-refractivity contribution >= 4 is 15.7 Å². The van der Waals surface area contributed by atoms with Crippen LogP contribution in [0.15, 0.2) is 47.4 Å². The van der Waals surface area contributed by atoms with Crippen LogP contribution in [0, 0.1) is 0 Å². The zero-order chi connectivity index (χ0) is 18.7. The lowest BCUT2D eigenvalue weighted by Crippen LogP contribution is -2.29. The van der Waals surface area contributed by atoms with Crippen LogP contribution in [-0.4, -0.2) is 21.6 Å². The number of benzene rings is 2. The number of hydrogen-bond donors (Lipinski definition) is 0. The average molecular weight is 374 g/mol. The Kier molecular flexibility index (Phi) is 5.56. The molecule has 1 aliphatic rings. The Hall–Kier alpha value is -2.01. The lowest BCUT2D eigenvalue weighted by molar-refractivity contribution is 0.305. The molecule has 1 heterocycles. The fourth-order valence-electron chi connectivity index (χ4n) is 3.28. The molecule has 0 fully saturated rings. The third-order valence-corrected chi connectivity index (χ3v) is 6.60. The summed E-state index contributed by atoms with van der Waals surface area (Å²) in [5, 5.41) is 0. The van der Waals surface area contributed by atoms with Gasteiger partial charge in [0.15, 0.2) is 0 Å². The second-order valence-corrected chi connectivity index (χ2v) is 8.87. The van der Waals surface area contributed by atoms with E-state index in [1.54, 1.807) is 18.2 Å². The van der Waals surface area contributed by atoms with E-state index in [9.17, 15) is 8.42 Å². The molecule has 0 spiro atoms. The summed E-state index contributed by atoms with van der Waals surface area (Å²) in [4.78, 5) is 0.334. The molecule has 0 aliphatic carbocycles. The summed E-state index contributed by atoms with van der Waals surface area (Å²) in [6, 6.07) is 13.0. The molecule has 1 aliphatic heterocycles. The van der Waals surface area contributed by atoms with Crippen LogP contribution in [0.3, 0.4) is 0 Å². The number of anilines is 1. The Morgan fingerprint density at radius 1 is 1.15 bits per heavy atom. The number of sulfonamides is 1. The Balaban J connectivity index is 1.94. The lowest BCUT2D eigenvalue weighted by Gasteiger charge is -2.21. The predicted octanol–water partition coefficient (Wildman–Crippen LogP) is 4.74. The van der Waals surface area contributed by atoms with E-state index in [2.05, 4.69) is 20.8 Å². The molecular weight excluding hydrogens is 346 g/mol. The fraction of sp³-hybridized carbons (Fsp3) is 0.429. The summed E-state index contributed by atoms with van der Waals surface area (Å²) in [6.45, 7) is 7.39. The van der Waals surface area contributed by atoms with Gasteiger partial charge in [-0.3, -0.25) is 4.31 Å². The molecular formula is C21H27NO3S. The number of unbranched alkanes of at least 4 members (excludes halogenated alkanes) is 1. The van der Waals surface area contributed by atoms with Crippen molar-refractivity contribution in [2.24, 2.45) is 0 Å². The van der Waals surface area contributed by atoms with Crippen molar-refractivity contribution < 1.29 is 13.2 Å². The summed E-state index contributed by atoms with van der Waals surface area (Å²) < 4.78 is 33.9. The molecule has 0 amide bonds. The minimum absolute atomic E-state index is 0.188. The maximum atomic E-state index is 13.2. The standard InChI is InChI=1S/C21H27NO3S/c1-4-5-14-25-21-11-10-18(15-19(21)16(2)3)26(23,24)22-13-12-17-8-6-7-9-20(17)22/h6-11,15-16H,4-5,12-14H2,1-3H3. The van der Waals surface area contributed by atoms with Gasteiger partial charge < -0.3 is 4.74 Å². The largest absolute Gasteiger partial charge is 0.493 e. The summed E-state index contributed by atoms with van der Waals surface area (Å²) in [5.41, 5.74) is 2.82. The van der Waals surface area contributed by atoms with Crippen molar-refractivity contribution in [3.8, 4) is 5.75 Å². The quantitative estimate of drug-likeness (QED) is 0.659. The predicted molar refractivity (Wildman–Crippen MR) is 106 cm³/mol. The zero-order valence-electron chi connectivity index (χ0n) is 15.7. The third-order valence-electron chi connectivity index (χ3n) is 4.79. The molecule has 0 unspecified atom stereocenters. The van der Waals surface area contributed by atoms with E-state index in [0.29, 0.717) is 18.0 Å². The number of rotatable bonds is 7. The molecule has 2 aromatic carbocycles. The van der Waals surface area contributed by atoms with E-state index in [4.69, 9.17) is 4.74 Å². The van der Waals surface area contributed by atoms with Crippen LogP contribution in [0.2, 0.25) is 0 Å². The first kappa shape index (κ1) is 18.8. The second-order valence-electron chi connectivity index (χ2n) is 7.01. The Morgan fingerprint density at radius 3 is 2.65 bits per heavy atom. The van der Waals surface area contributed by atoms with Gasteiger partial charge in [-0.25, -0.2) is 8.42 Å². The van der Waals surface area contributed by atoms with Gasteiger partial charge in [-0.05, 0) is 54.2 Å². The lowest BCUT2D eigenvalue weighted by atomic mass is 10.0. The molecule has 0 aromatic heterocycles. The molecule has 3 rings (SSSR count). The van der Waals surface area contributed by atoms with Gasteiger partial charge in [-0.1, -0.05) is 45.4 Å². The summed E-state index contributed by atoms with van der Waals surface area (Å²) in [7, 11) is -3.57. The number of hydrogen-bond acceptors (Lipinski definition) is 3. The van der Waals surface area contributed by atoms with Crippen LogP contribution in [-0.2, 0) is 16.4 Å². The first-order valence-corrected chi connectivity index (χ1v) is 10.8. The van der Waals surface area contributed by atoms with Crippen LogP contribution in [0.4, 0.5) is 5.69 Å². The van der Waals surface area contributed by atoms with E-state index >= 15 is 0 Å². The first-order chi connectivity index (χ1) is 12.4. The van der Waals surface area contributed by atoms with E-state index in [1.807, 2.05) is 24.3 Å². The Bertz CT molecular complexity index is 875. The number of fused-ring (bicyclic) bond motifs is 1. The minimum atomic E-state index is -3.57. The van der Waals surface area contributed by atoms with Gasteiger partial charge in [0.2, 0.25) is 0 Å². The molecule has 4 nitrogen and oxygen atoms in total. The Morgan fingerprint density at radius 2 is 1.92 bits per heavy atom. The normalized spacial score (nSPS) is 13.9. The van der Waals surface area contributed by atoms with Gasteiger partial charge in [0, 0.05) is 6.54 Å². The highest BCUT2D eigenvalue weighted by Crippen LogP contribution is 2.35. The Labute approximate surface area is 156 Å². The number of para-hydroxylation sites is 1. The van der Waals surface area contributed by atoms with E-state index < -0.39 is 10.0 Å². The van der Waals surface area contributed by atoms with Crippen LogP contribution in [0.1, 0.15) is 50.7 Å². The molecule has 0 saturated carbocycles. The van der Waals surface area contributed by atoms with E-state index in [1.165, 1.54) is 4.31 Å². The van der Waals surface area contributed by atoms with Gasteiger partial charge in [0.1, 0.15) is 5.75 Å². The third kappa shape index (κ3) is 3.58. The highest BCUT2D eigenvalue weighted by Gasteiger charge is 2.31. The van der Waals surface area contributed by atoms with Crippen molar-refractivity contribution in [2.45, 2.75) is 50.8 Å². The molecule has 0 saturated heterocycles. The minimum Gasteiger partial charge on any atom is -0.493 e. The van der Waals surface area contributed by atoms with Gasteiger partial charge >= 0.3 is 0 Å². The monoisotopic (exact) mass is 373 g/mol. The topological polar surface area (TPSA) is 46.6 Å². The molecule has 140 valence electrons. The number of nitrogens with zero attached hydrogens (tertiary/aromatic N) is 1. The summed E-state index contributed by atoms with van der Waals surface area (Å²) in [5.74, 6) is 0.974. The smallest absolute Gasteiger partial charge is 0.264 e. The molecule has 5 heteroatoms. The summed E-state index contributed by atoms with van der Waals surface area (Å²) >= 11 is 0. The average Bonchev–Trinajstić information content (AvgIpc) is 3.06.